The summed E-state index contributed by atoms with van der Waals surface area (Å²) in [5, 5.41) is 12.4. The molecule has 0 atom stereocenters. The number of fused-ring (bicyclic) bond motifs is 1. The summed E-state index contributed by atoms with van der Waals surface area (Å²) in [6.45, 7) is 0.558. The van der Waals surface area contributed by atoms with E-state index >= 15 is 0 Å². The van der Waals surface area contributed by atoms with Crippen molar-refractivity contribution >= 4 is 43.2 Å². The van der Waals surface area contributed by atoms with Gasteiger partial charge in [0.2, 0.25) is 0 Å². The summed E-state index contributed by atoms with van der Waals surface area (Å²) in [7, 11) is 0. The minimum Gasteiger partial charge on any atom is -0.378 e. The van der Waals surface area contributed by atoms with Gasteiger partial charge in [0.25, 0.3) is 0 Å². The normalized spacial score (nSPS) is 10.5. The first kappa shape index (κ1) is 14.0. The third kappa shape index (κ3) is 2.91. The van der Waals surface area contributed by atoms with E-state index in [0.29, 0.717) is 12.1 Å². The Kier molecular flexibility index (Phi) is 3.90. The minimum absolute atomic E-state index is 0.558. The fraction of sp³-hybridized carbons (Fsp3) is 0.0714. The Morgan fingerprint density at radius 1 is 1.24 bits per heavy atom. The van der Waals surface area contributed by atoms with Gasteiger partial charge in [-0.1, -0.05) is 15.9 Å². The maximum atomic E-state index is 9.14. The van der Waals surface area contributed by atoms with Crippen LogP contribution in [-0.2, 0) is 6.54 Å². The SMILES string of the molecule is N#Cc1ccc(Br)cc1NCc1cnc2cnc(Br)cn12. The van der Waals surface area contributed by atoms with Crippen LogP contribution in [0.5, 0.6) is 0 Å². The second kappa shape index (κ2) is 5.84. The van der Waals surface area contributed by atoms with Crippen molar-refractivity contribution in [2.24, 2.45) is 0 Å². The Balaban J connectivity index is 1.89. The van der Waals surface area contributed by atoms with Crippen LogP contribution in [0, 0.1) is 11.3 Å². The van der Waals surface area contributed by atoms with E-state index in [1.807, 2.05) is 22.7 Å². The number of benzene rings is 1. The molecule has 0 spiro atoms. The van der Waals surface area contributed by atoms with E-state index in [1.165, 1.54) is 0 Å². The Bertz CT molecular complexity index is 850. The van der Waals surface area contributed by atoms with Crippen LogP contribution in [0.1, 0.15) is 11.3 Å². The molecule has 0 unspecified atom stereocenters. The molecule has 0 amide bonds. The van der Waals surface area contributed by atoms with Crippen molar-refractivity contribution in [2.75, 3.05) is 5.32 Å². The van der Waals surface area contributed by atoms with Crippen molar-refractivity contribution in [3.8, 4) is 6.07 Å². The van der Waals surface area contributed by atoms with Crippen molar-refractivity contribution in [3.05, 3.63) is 57.1 Å². The Morgan fingerprint density at radius 2 is 2.10 bits per heavy atom. The van der Waals surface area contributed by atoms with Gasteiger partial charge < -0.3 is 5.32 Å². The molecule has 0 fully saturated rings. The molecule has 0 saturated heterocycles. The first-order valence-corrected chi connectivity index (χ1v) is 7.67. The van der Waals surface area contributed by atoms with Crippen LogP contribution in [0.15, 0.2) is 45.9 Å². The van der Waals surface area contributed by atoms with Crippen LogP contribution in [0.2, 0.25) is 0 Å². The number of nitrogens with zero attached hydrogens (tertiary/aromatic N) is 4. The molecule has 0 saturated carbocycles. The van der Waals surface area contributed by atoms with Gasteiger partial charge >= 0.3 is 0 Å². The van der Waals surface area contributed by atoms with Crippen molar-refractivity contribution in [1.29, 1.82) is 5.26 Å². The van der Waals surface area contributed by atoms with Gasteiger partial charge in [0, 0.05) is 10.7 Å². The summed E-state index contributed by atoms with van der Waals surface area (Å²) in [6.07, 6.45) is 5.36. The van der Waals surface area contributed by atoms with Gasteiger partial charge in [-0.15, -0.1) is 0 Å². The molecule has 0 aliphatic carbocycles. The summed E-state index contributed by atoms with van der Waals surface area (Å²) in [6, 6.07) is 7.69. The highest BCUT2D eigenvalue weighted by Gasteiger charge is 2.06. The Labute approximate surface area is 137 Å². The third-order valence-electron chi connectivity index (χ3n) is 3.00. The summed E-state index contributed by atoms with van der Waals surface area (Å²) >= 11 is 6.76. The molecule has 104 valence electrons. The van der Waals surface area contributed by atoms with E-state index < -0.39 is 0 Å². The van der Waals surface area contributed by atoms with E-state index in [4.69, 9.17) is 5.26 Å². The smallest absolute Gasteiger partial charge is 0.155 e. The van der Waals surface area contributed by atoms with Gasteiger partial charge in [-0.3, -0.25) is 4.40 Å². The molecule has 21 heavy (non-hydrogen) atoms. The lowest BCUT2D eigenvalue weighted by molar-refractivity contribution is 0.982. The monoisotopic (exact) mass is 405 g/mol. The van der Waals surface area contributed by atoms with Crippen LogP contribution >= 0.6 is 31.9 Å². The molecule has 3 rings (SSSR count). The van der Waals surface area contributed by atoms with Crippen molar-refractivity contribution < 1.29 is 0 Å². The lowest BCUT2D eigenvalue weighted by Gasteiger charge is -2.08. The number of halogens is 2. The first-order chi connectivity index (χ1) is 10.2. The van der Waals surface area contributed by atoms with Crippen LogP contribution < -0.4 is 5.32 Å². The highest BCUT2D eigenvalue weighted by molar-refractivity contribution is 9.10. The Morgan fingerprint density at radius 3 is 2.90 bits per heavy atom. The van der Waals surface area contributed by atoms with Gasteiger partial charge in [-0.05, 0) is 34.1 Å². The quantitative estimate of drug-likeness (QED) is 0.719. The van der Waals surface area contributed by atoms with E-state index in [1.54, 1.807) is 18.5 Å². The molecular weight excluding hydrogens is 398 g/mol. The number of aromatic nitrogens is 3. The number of nitriles is 1. The second-order valence-corrected chi connectivity index (χ2v) is 6.07. The molecule has 0 radical (unpaired) electrons. The molecule has 1 aromatic carbocycles. The Hall–Kier alpha value is -1.91. The largest absolute Gasteiger partial charge is 0.378 e. The molecule has 5 nitrogen and oxygen atoms in total. The van der Waals surface area contributed by atoms with Gasteiger partial charge in [-0.2, -0.15) is 5.26 Å². The van der Waals surface area contributed by atoms with E-state index in [-0.39, 0.29) is 0 Å². The van der Waals surface area contributed by atoms with Crippen LogP contribution in [0.3, 0.4) is 0 Å². The minimum atomic E-state index is 0.558. The van der Waals surface area contributed by atoms with Gasteiger partial charge in [0.05, 0.1) is 35.9 Å². The standard InChI is InChI=1S/C14H9Br2N5/c15-10-2-1-9(4-17)12(3-10)18-5-11-6-20-14-7-19-13(16)8-21(11)14/h1-3,6-8,18H,5H2. The van der Waals surface area contributed by atoms with Crippen LogP contribution in [0.25, 0.3) is 5.65 Å². The predicted molar refractivity (Wildman–Crippen MR) is 86.9 cm³/mol. The zero-order valence-corrected chi connectivity index (χ0v) is 13.9. The summed E-state index contributed by atoms with van der Waals surface area (Å²) in [5.74, 6) is 0. The number of hydrogen-bond donors (Lipinski definition) is 1. The number of anilines is 1. The average molecular weight is 407 g/mol. The average Bonchev–Trinajstić information content (AvgIpc) is 2.87. The maximum absolute atomic E-state index is 9.14. The molecule has 2 aromatic heterocycles. The number of imidazole rings is 1. The fourth-order valence-electron chi connectivity index (χ4n) is 1.99. The van der Waals surface area contributed by atoms with Crippen molar-refractivity contribution in [3.63, 3.8) is 0 Å². The molecular formula is C14H9Br2N5. The summed E-state index contributed by atoms with van der Waals surface area (Å²) in [5.41, 5.74) is 3.16. The topological polar surface area (TPSA) is 66.0 Å². The van der Waals surface area contributed by atoms with E-state index in [0.717, 1.165) is 26.1 Å². The molecule has 7 heteroatoms. The van der Waals surface area contributed by atoms with Crippen LogP contribution in [0.4, 0.5) is 5.69 Å². The van der Waals surface area contributed by atoms with Crippen LogP contribution in [-0.4, -0.2) is 14.4 Å². The summed E-state index contributed by atoms with van der Waals surface area (Å²) in [4.78, 5) is 8.44. The number of nitrogens with one attached hydrogen (secondary N) is 1. The molecule has 0 aliphatic heterocycles. The highest BCUT2D eigenvalue weighted by atomic mass is 79.9. The fourth-order valence-corrected chi connectivity index (χ4v) is 2.66. The maximum Gasteiger partial charge on any atom is 0.155 e. The molecule has 3 aromatic rings. The number of rotatable bonds is 3. The van der Waals surface area contributed by atoms with Crippen molar-refractivity contribution in [1.82, 2.24) is 14.4 Å². The third-order valence-corrected chi connectivity index (χ3v) is 3.91. The molecule has 2 heterocycles. The first-order valence-electron chi connectivity index (χ1n) is 6.08. The number of hydrogen-bond acceptors (Lipinski definition) is 4. The van der Waals surface area contributed by atoms with Gasteiger partial charge in [-0.25, -0.2) is 9.97 Å². The second-order valence-electron chi connectivity index (χ2n) is 4.34. The zero-order chi connectivity index (χ0) is 14.8. The molecule has 0 bridgehead atoms. The van der Waals surface area contributed by atoms with Gasteiger partial charge in [0.1, 0.15) is 10.7 Å². The lowest BCUT2D eigenvalue weighted by Crippen LogP contribution is -2.04. The zero-order valence-electron chi connectivity index (χ0n) is 10.7. The molecule has 1 N–H and O–H groups in total. The van der Waals surface area contributed by atoms with E-state index in [2.05, 4.69) is 53.2 Å². The lowest BCUT2D eigenvalue weighted by atomic mass is 10.2. The summed E-state index contributed by atoms with van der Waals surface area (Å²) < 4.78 is 3.62. The highest BCUT2D eigenvalue weighted by Crippen LogP contribution is 2.21. The predicted octanol–water partition coefficient (Wildman–Crippen LogP) is 3.74. The molecule has 0 aliphatic rings. The van der Waals surface area contributed by atoms with Crippen molar-refractivity contribution in [2.45, 2.75) is 6.54 Å². The van der Waals surface area contributed by atoms with E-state index in [9.17, 15) is 0 Å². The van der Waals surface area contributed by atoms with Gasteiger partial charge in [0.15, 0.2) is 5.65 Å².